The number of urea groups is 1. The first-order valence-corrected chi connectivity index (χ1v) is 4.48. The fourth-order valence-corrected chi connectivity index (χ4v) is 1.33. The van der Waals surface area contributed by atoms with Crippen molar-refractivity contribution in [2.45, 2.75) is 25.1 Å². The summed E-state index contributed by atoms with van der Waals surface area (Å²) in [5.74, 6) is -0.320. The average molecular weight is 188 g/mol. The molecule has 3 amide bonds. The minimum absolute atomic E-state index is 0.320. The van der Waals surface area contributed by atoms with Crippen LogP contribution in [0.4, 0.5) is 4.79 Å². The minimum atomic E-state index is -0.593. The molecule has 1 unspecified atom stereocenters. The van der Waals surface area contributed by atoms with Crippen molar-refractivity contribution in [2.75, 3.05) is 6.54 Å². The van der Waals surface area contributed by atoms with Gasteiger partial charge in [0.05, 0.1) is 0 Å². The van der Waals surface area contributed by atoms with Crippen LogP contribution >= 0.6 is 12.6 Å². The molecule has 0 bridgehead atoms. The first-order chi connectivity index (χ1) is 5.66. The third-order valence-electron chi connectivity index (χ3n) is 1.77. The van der Waals surface area contributed by atoms with Crippen LogP contribution < -0.4 is 5.32 Å². The second-order valence-corrected chi connectivity index (χ2v) is 3.20. The van der Waals surface area contributed by atoms with Crippen molar-refractivity contribution in [2.24, 2.45) is 0 Å². The summed E-state index contributed by atoms with van der Waals surface area (Å²) in [5, 5.41) is 1.60. The lowest BCUT2D eigenvalue weighted by Gasteiger charge is -2.16. The highest BCUT2D eigenvalue weighted by Gasteiger charge is 2.34. The van der Waals surface area contributed by atoms with Crippen LogP contribution in [0.15, 0.2) is 0 Å². The Morgan fingerprint density at radius 2 is 2.25 bits per heavy atom. The summed E-state index contributed by atoms with van der Waals surface area (Å²) in [6, 6.07) is -0.326. The maximum absolute atomic E-state index is 11.0. The molecule has 1 saturated heterocycles. The summed E-state index contributed by atoms with van der Waals surface area (Å²) in [6.07, 6.45) is 1.90. The van der Waals surface area contributed by atoms with Crippen molar-refractivity contribution in [3.05, 3.63) is 0 Å². The molecule has 1 N–H and O–H groups in total. The molecule has 0 aromatic heterocycles. The number of imide groups is 1. The molecule has 1 rings (SSSR count). The molecule has 0 aliphatic carbocycles. The number of hydrogen-bond donors (Lipinski definition) is 2. The van der Waals surface area contributed by atoms with Gasteiger partial charge in [0.15, 0.2) is 5.37 Å². The predicted octanol–water partition coefficient (Wildman–Crippen LogP) is 0.594. The van der Waals surface area contributed by atoms with Crippen LogP contribution in [0, 0.1) is 0 Å². The molecule has 1 aliphatic heterocycles. The van der Waals surface area contributed by atoms with E-state index >= 15 is 0 Å². The average Bonchev–Trinajstić information content (AvgIpc) is 2.25. The van der Waals surface area contributed by atoms with Gasteiger partial charge in [-0.2, -0.15) is 0 Å². The summed E-state index contributed by atoms with van der Waals surface area (Å²) in [6.45, 7) is 2.63. The van der Waals surface area contributed by atoms with Crippen LogP contribution in [0.3, 0.4) is 0 Å². The molecule has 0 radical (unpaired) electrons. The second-order valence-electron chi connectivity index (χ2n) is 2.72. The van der Waals surface area contributed by atoms with Gasteiger partial charge in [0.25, 0.3) is 5.91 Å². The van der Waals surface area contributed by atoms with Crippen molar-refractivity contribution in [3.8, 4) is 0 Å². The Balaban J connectivity index is 2.51. The third-order valence-corrected chi connectivity index (χ3v) is 2.29. The Morgan fingerprint density at radius 1 is 1.58 bits per heavy atom. The molecule has 1 heterocycles. The zero-order valence-corrected chi connectivity index (χ0v) is 7.80. The largest absolute Gasteiger partial charge is 0.325 e. The molecular weight excluding hydrogens is 176 g/mol. The normalized spacial score (nSPS) is 23.2. The summed E-state index contributed by atoms with van der Waals surface area (Å²) in [4.78, 5) is 23.4. The van der Waals surface area contributed by atoms with Gasteiger partial charge in [0.2, 0.25) is 0 Å². The summed E-state index contributed by atoms with van der Waals surface area (Å²) in [5.41, 5.74) is 0. The maximum atomic E-state index is 11.0. The van der Waals surface area contributed by atoms with Gasteiger partial charge in [-0.25, -0.2) is 4.79 Å². The molecule has 0 saturated carbocycles. The van der Waals surface area contributed by atoms with E-state index in [2.05, 4.69) is 17.9 Å². The number of hydrogen-bond acceptors (Lipinski definition) is 3. The Morgan fingerprint density at radius 3 is 2.67 bits per heavy atom. The van der Waals surface area contributed by atoms with Gasteiger partial charge >= 0.3 is 6.03 Å². The Kier molecular flexibility index (Phi) is 2.97. The SMILES string of the molecule is CCCCN1C(=O)NC(=O)C1S. The van der Waals surface area contributed by atoms with Crippen LogP contribution in [0.1, 0.15) is 19.8 Å². The molecule has 0 spiro atoms. The van der Waals surface area contributed by atoms with Crippen molar-refractivity contribution < 1.29 is 9.59 Å². The van der Waals surface area contributed by atoms with Gasteiger partial charge in [-0.3, -0.25) is 10.1 Å². The molecule has 12 heavy (non-hydrogen) atoms. The van der Waals surface area contributed by atoms with Gasteiger partial charge in [0, 0.05) is 6.54 Å². The molecule has 1 atom stereocenters. The second kappa shape index (κ2) is 3.80. The van der Waals surface area contributed by atoms with Crippen molar-refractivity contribution in [1.82, 2.24) is 10.2 Å². The fraction of sp³-hybridized carbons (Fsp3) is 0.714. The Hall–Kier alpha value is -0.710. The van der Waals surface area contributed by atoms with Gasteiger partial charge in [-0.15, -0.1) is 12.6 Å². The van der Waals surface area contributed by atoms with Gasteiger partial charge in [0.1, 0.15) is 0 Å². The van der Waals surface area contributed by atoms with Crippen LogP contribution in [-0.4, -0.2) is 28.8 Å². The highest BCUT2D eigenvalue weighted by atomic mass is 32.1. The van der Waals surface area contributed by atoms with E-state index in [1.165, 1.54) is 4.90 Å². The number of rotatable bonds is 3. The molecule has 0 aromatic rings. The molecule has 1 aliphatic rings. The number of carbonyl (C=O) groups is 2. The highest BCUT2D eigenvalue weighted by molar-refractivity contribution is 7.81. The zero-order chi connectivity index (χ0) is 9.14. The summed E-state index contributed by atoms with van der Waals surface area (Å²) >= 11 is 4.01. The lowest BCUT2D eigenvalue weighted by atomic mass is 10.3. The Bertz CT molecular complexity index is 208. The molecule has 4 nitrogen and oxygen atoms in total. The lowest BCUT2D eigenvalue weighted by Crippen LogP contribution is -2.32. The van der Waals surface area contributed by atoms with Crippen LogP contribution in [0.5, 0.6) is 0 Å². The van der Waals surface area contributed by atoms with Gasteiger partial charge in [-0.05, 0) is 6.42 Å². The van der Waals surface area contributed by atoms with Crippen LogP contribution in [-0.2, 0) is 4.79 Å². The smallest absolute Gasteiger partial charge is 0.304 e. The van der Waals surface area contributed by atoms with E-state index < -0.39 is 5.37 Å². The summed E-state index contributed by atoms with van der Waals surface area (Å²) < 4.78 is 0. The summed E-state index contributed by atoms with van der Waals surface area (Å²) in [7, 11) is 0. The van der Waals surface area contributed by atoms with Crippen molar-refractivity contribution in [1.29, 1.82) is 0 Å². The zero-order valence-electron chi connectivity index (χ0n) is 6.91. The van der Waals surface area contributed by atoms with Crippen molar-refractivity contribution >= 4 is 24.6 Å². The Labute approximate surface area is 76.7 Å². The predicted molar refractivity (Wildman–Crippen MR) is 47.9 cm³/mol. The minimum Gasteiger partial charge on any atom is -0.304 e. The molecular formula is C7H12N2O2S. The number of unbranched alkanes of at least 4 members (excludes halogenated alkanes) is 1. The molecule has 1 fully saturated rings. The number of nitrogens with zero attached hydrogens (tertiary/aromatic N) is 1. The van der Waals surface area contributed by atoms with E-state index in [1.807, 2.05) is 6.92 Å². The standard InChI is InChI=1S/C7H12N2O2S/c1-2-3-4-9-6(12)5(10)8-7(9)11/h6,12H,2-4H2,1H3,(H,8,10,11). The lowest BCUT2D eigenvalue weighted by molar-refractivity contribution is -0.119. The molecule has 0 aromatic carbocycles. The van der Waals surface area contributed by atoms with E-state index in [1.54, 1.807) is 0 Å². The van der Waals surface area contributed by atoms with Gasteiger partial charge in [-0.1, -0.05) is 13.3 Å². The first kappa shape index (κ1) is 9.38. The van der Waals surface area contributed by atoms with Crippen molar-refractivity contribution in [3.63, 3.8) is 0 Å². The third kappa shape index (κ3) is 1.72. The maximum Gasteiger partial charge on any atom is 0.325 e. The quantitative estimate of drug-likeness (QED) is 0.503. The van der Waals surface area contributed by atoms with E-state index in [0.29, 0.717) is 6.54 Å². The van der Waals surface area contributed by atoms with Gasteiger partial charge < -0.3 is 4.90 Å². The number of amides is 3. The first-order valence-electron chi connectivity index (χ1n) is 3.96. The molecule has 68 valence electrons. The topological polar surface area (TPSA) is 49.4 Å². The van der Waals surface area contributed by atoms with E-state index in [0.717, 1.165) is 12.8 Å². The van der Waals surface area contributed by atoms with E-state index in [4.69, 9.17) is 0 Å². The van der Waals surface area contributed by atoms with E-state index in [-0.39, 0.29) is 11.9 Å². The highest BCUT2D eigenvalue weighted by Crippen LogP contribution is 2.12. The number of nitrogens with one attached hydrogen (secondary N) is 1. The fourth-order valence-electron chi connectivity index (χ4n) is 1.05. The number of carbonyl (C=O) groups excluding carboxylic acids is 2. The van der Waals surface area contributed by atoms with Crippen LogP contribution in [0.25, 0.3) is 0 Å². The number of thiol groups is 1. The monoisotopic (exact) mass is 188 g/mol. The van der Waals surface area contributed by atoms with E-state index in [9.17, 15) is 9.59 Å². The molecule has 5 heteroatoms. The van der Waals surface area contributed by atoms with Crippen LogP contribution in [0.2, 0.25) is 0 Å².